The molecule has 1 aromatic carbocycles. The summed E-state index contributed by atoms with van der Waals surface area (Å²) in [5.41, 5.74) is 6.07. The normalized spacial score (nSPS) is 13.7. The zero-order valence-corrected chi connectivity index (χ0v) is 9.67. The number of rotatable bonds is 6. The molecule has 0 fully saturated rings. The molecule has 0 aliphatic rings. The minimum Gasteiger partial charge on any atom is -0.508 e. The number of aliphatic hydroxyl groups is 1. The van der Waals surface area contributed by atoms with E-state index in [-0.39, 0.29) is 12.2 Å². The van der Waals surface area contributed by atoms with Gasteiger partial charge in [0.1, 0.15) is 11.8 Å². The highest BCUT2D eigenvalue weighted by Gasteiger charge is 2.17. The van der Waals surface area contributed by atoms with Crippen LogP contribution in [0.3, 0.4) is 0 Å². The molecule has 1 amide bonds. The summed E-state index contributed by atoms with van der Waals surface area (Å²) in [7, 11) is 0. The molecular formula is C12H15N2O4. The quantitative estimate of drug-likeness (QED) is 0.510. The Morgan fingerprint density at radius 1 is 1.39 bits per heavy atom. The van der Waals surface area contributed by atoms with Crippen molar-refractivity contribution in [1.82, 2.24) is 5.32 Å². The van der Waals surface area contributed by atoms with Crippen LogP contribution in [-0.4, -0.2) is 41.1 Å². The van der Waals surface area contributed by atoms with E-state index in [0.717, 1.165) is 5.56 Å². The maximum atomic E-state index is 11.4. The van der Waals surface area contributed by atoms with E-state index in [0.29, 0.717) is 0 Å². The summed E-state index contributed by atoms with van der Waals surface area (Å²) in [5.74, 6) is -0.485. The number of nitrogens with one attached hydrogen (secondary N) is 1. The van der Waals surface area contributed by atoms with Crippen LogP contribution in [0, 0.1) is 0 Å². The van der Waals surface area contributed by atoms with E-state index in [1.54, 1.807) is 18.4 Å². The first-order valence-electron chi connectivity index (χ1n) is 5.39. The van der Waals surface area contributed by atoms with Gasteiger partial charge in [-0.2, -0.15) is 0 Å². The highest BCUT2D eigenvalue weighted by atomic mass is 16.3. The summed E-state index contributed by atoms with van der Waals surface area (Å²) in [5, 5.41) is 20.2. The largest absolute Gasteiger partial charge is 0.508 e. The van der Waals surface area contributed by atoms with E-state index in [4.69, 9.17) is 15.9 Å². The van der Waals surface area contributed by atoms with Crippen molar-refractivity contribution in [1.29, 1.82) is 0 Å². The average Bonchev–Trinajstić information content (AvgIpc) is 2.39. The van der Waals surface area contributed by atoms with Crippen LogP contribution in [0.25, 0.3) is 0 Å². The number of aliphatic hydroxyl groups excluding tert-OH is 1. The van der Waals surface area contributed by atoms with Gasteiger partial charge in [-0.1, -0.05) is 12.1 Å². The monoisotopic (exact) mass is 251 g/mol. The number of hydrogen-bond acceptors (Lipinski definition) is 5. The lowest BCUT2D eigenvalue weighted by Gasteiger charge is -2.14. The molecule has 2 atom stereocenters. The second kappa shape index (κ2) is 6.73. The van der Waals surface area contributed by atoms with E-state index < -0.39 is 24.6 Å². The topological polar surface area (TPSA) is 113 Å². The van der Waals surface area contributed by atoms with Gasteiger partial charge in [0.15, 0.2) is 0 Å². The molecule has 0 aromatic heterocycles. The Labute approximate surface area is 104 Å². The van der Waals surface area contributed by atoms with E-state index in [1.165, 1.54) is 12.1 Å². The molecule has 6 heteroatoms. The fraction of sp³-hybridized carbons (Fsp3) is 0.333. The maximum Gasteiger partial charge on any atom is 0.239 e. The van der Waals surface area contributed by atoms with E-state index >= 15 is 0 Å². The van der Waals surface area contributed by atoms with Crippen LogP contribution in [0.1, 0.15) is 5.56 Å². The smallest absolute Gasteiger partial charge is 0.239 e. The minimum absolute atomic E-state index is 0.122. The fourth-order valence-electron chi connectivity index (χ4n) is 1.35. The lowest BCUT2D eigenvalue weighted by Crippen LogP contribution is -2.48. The van der Waals surface area contributed by atoms with Crippen molar-refractivity contribution in [3.05, 3.63) is 29.8 Å². The molecule has 0 bridgehead atoms. The first-order valence-corrected chi connectivity index (χ1v) is 5.39. The van der Waals surface area contributed by atoms with Gasteiger partial charge in [0.2, 0.25) is 12.2 Å². The molecule has 0 heterocycles. The van der Waals surface area contributed by atoms with Gasteiger partial charge in [0, 0.05) is 6.42 Å². The van der Waals surface area contributed by atoms with Gasteiger partial charge in [0.05, 0.1) is 12.6 Å². The number of nitrogens with two attached hydrogens (primary N) is 1. The molecule has 0 aliphatic heterocycles. The summed E-state index contributed by atoms with van der Waals surface area (Å²) in [6, 6.07) is 4.35. The van der Waals surface area contributed by atoms with Crippen molar-refractivity contribution in [2.45, 2.75) is 18.5 Å². The number of carbonyl (C=O) groups excluding carboxylic acids is 2. The third kappa shape index (κ3) is 4.15. The molecule has 6 nitrogen and oxygen atoms in total. The third-order valence-corrected chi connectivity index (χ3v) is 2.37. The number of amides is 1. The van der Waals surface area contributed by atoms with Gasteiger partial charge in [-0.25, -0.2) is 0 Å². The average molecular weight is 251 g/mol. The zero-order chi connectivity index (χ0) is 13.5. The van der Waals surface area contributed by atoms with Crippen LogP contribution in [0.2, 0.25) is 0 Å². The van der Waals surface area contributed by atoms with Crippen LogP contribution in [-0.2, 0) is 16.0 Å². The molecule has 1 rings (SSSR count). The number of carbonyl (C=O) groups is 1. The zero-order valence-electron chi connectivity index (χ0n) is 9.67. The highest BCUT2D eigenvalue weighted by molar-refractivity contribution is 5.84. The molecule has 0 saturated heterocycles. The Bertz CT molecular complexity index is 405. The molecule has 18 heavy (non-hydrogen) atoms. The molecule has 0 unspecified atom stereocenters. The van der Waals surface area contributed by atoms with Crippen molar-refractivity contribution in [2.75, 3.05) is 6.61 Å². The number of aromatic hydroxyl groups is 1. The van der Waals surface area contributed by atoms with Crippen LogP contribution >= 0.6 is 0 Å². The second-order valence-electron chi connectivity index (χ2n) is 3.84. The van der Waals surface area contributed by atoms with Crippen molar-refractivity contribution in [3.8, 4) is 5.75 Å². The van der Waals surface area contributed by atoms with Gasteiger partial charge >= 0.3 is 0 Å². The third-order valence-electron chi connectivity index (χ3n) is 2.37. The van der Waals surface area contributed by atoms with Gasteiger partial charge in [0.25, 0.3) is 0 Å². The van der Waals surface area contributed by atoms with Gasteiger partial charge in [-0.3, -0.25) is 9.59 Å². The van der Waals surface area contributed by atoms with Crippen LogP contribution in [0.5, 0.6) is 5.75 Å². The number of phenolic OH excluding ortho intramolecular Hbond substituents is 1. The molecular weight excluding hydrogens is 236 g/mol. The molecule has 97 valence electrons. The summed E-state index contributed by atoms with van der Waals surface area (Å²) in [6.07, 6.45) is 1.94. The number of hydrogen-bond donors (Lipinski definition) is 4. The summed E-state index contributed by atoms with van der Waals surface area (Å²) in [6.45, 7) is -0.489. The van der Waals surface area contributed by atoms with Crippen LogP contribution in [0.15, 0.2) is 24.3 Å². The number of phenols is 1. The first kappa shape index (κ1) is 14.1. The summed E-state index contributed by atoms with van der Waals surface area (Å²) < 4.78 is 0. The lowest BCUT2D eigenvalue weighted by molar-refractivity contribution is -0.123. The minimum atomic E-state index is -1.05. The van der Waals surface area contributed by atoms with Gasteiger partial charge in [-0.15, -0.1) is 0 Å². The Morgan fingerprint density at radius 2 is 2.00 bits per heavy atom. The predicted octanol–water partition coefficient (Wildman–Crippen LogP) is -1.15. The Balaban J connectivity index is 2.59. The summed E-state index contributed by atoms with van der Waals surface area (Å²) >= 11 is 0. The van der Waals surface area contributed by atoms with Crippen LogP contribution < -0.4 is 11.1 Å². The van der Waals surface area contributed by atoms with Gasteiger partial charge in [-0.05, 0) is 17.7 Å². The standard InChI is InChI=1S/C12H15N2O4/c13-11(7-16)12(18)14-9(6-15)5-8-1-3-10(17)4-2-8/h1-4,9,11,16-17H,5,7,13H2,(H,14,18)/t9-,11-/m0/s1. The molecule has 1 radical (unpaired) electrons. The Hall–Kier alpha value is -1.92. The van der Waals surface area contributed by atoms with Crippen LogP contribution in [0.4, 0.5) is 0 Å². The lowest BCUT2D eigenvalue weighted by atomic mass is 10.1. The highest BCUT2D eigenvalue weighted by Crippen LogP contribution is 2.10. The molecule has 0 spiro atoms. The maximum absolute atomic E-state index is 11.4. The van der Waals surface area contributed by atoms with Gasteiger partial charge < -0.3 is 21.3 Å². The molecule has 1 aromatic rings. The molecule has 5 N–H and O–H groups in total. The van der Waals surface area contributed by atoms with E-state index in [9.17, 15) is 9.59 Å². The second-order valence-corrected chi connectivity index (χ2v) is 3.84. The van der Waals surface area contributed by atoms with Crippen molar-refractivity contribution >= 4 is 12.2 Å². The van der Waals surface area contributed by atoms with E-state index in [2.05, 4.69) is 5.32 Å². The number of benzene rings is 1. The SMILES string of the molecule is N[C@@H](CO)C(=O)N[C@H]([C]=O)Cc1ccc(O)cc1. The van der Waals surface area contributed by atoms with Crippen molar-refractivity contribution in [2.24, 2.45) is 5.73 Å². The summed E-state index contributed by atoms with van der Waals surface area (Å²) in [4.78, 5) is 22.1. The van der Waals surface area contributed by atoms with E-state index in [1.807, 2.05) is 0 Å². The first-order chi connectivity index (χ1) is 8.56. The Kier molecular flexibility index (Phi) is 5.29. The van der Waals surface area contributed by atoms with Crippen molar-refractivity contribution in [3.63, 3.8) is 0 Å². The fourth-order valence-corrected chi connectivity index (χ4v) is 1.35. The van der Waals surface area contributed by atoms with Crippen molar-refractivity contribution < 1.29 is 19.8 Å². The Morgan fingerprint density at radius 3 is 2.50 bits per heavy atom. The predicted molar refractivity (Wildman–Crippen MR) is 64.5 cm³/mol. The molecule has 0 aliphatic carbocycles. The molecule has 0 saturated carbocycles.